The van der Waals surface area contributed by atoms with Crippen molar-refractivity contribution in [2.75, 3.05) is 39.8 Å². The maximum absolute atomic E-state index is 12.5. The third-order valence-electron chi connectivity index (χ3n) is 4.03. The van der Waals surface area contributed by atoms with Gasteiger partial charge in [0.05, 0.1) is 11.4 Å². The fourth-order valence-corrected chi connectivity index (χ4v) is 3.46. The number of carbonyl (C=O) groups excluding carboxylic acids is 1. The number of nitrogens with zero attached hydrogens (tertiary/aromatic N) is 3. The fourth-order valence-electron chi connectivity index (χ4n) is 2.56. The van der Waals surface area contributed by atoms with Gasteiger partial charge >= 0.3 is 0 Å². The summed E-state index contributed by atoms with van der Waals surface area (Å²) in [6.07, 6.45) is 1.70. The standard InChI is InChI=1S/C17H20ClN3O2S/c1-20-5-7-21(8-6-20)11-16(22)13-3-2-4-14(9-13)23-12-15-10-19-17(18)24-15/h2-4,9-10H,5-8,11-12H2,1H3. The average molecular weight is 366 g/mol. The zero-order chi connectivity index (χ0) is 16.9. The van der Waals surface area contributed by atoms with Crippen LogP contribution in [0.25, 0.3) is 0 Å². The van der Waals surface area contributed by atoms with Crippen LogP contribution in [-0.4, -0.2) is 60.3 Å². The van der Waals surface area contributed by atoms with Gasteiger partial charge in [0.15, 0.2) is 10.3 Å². The Hall–Kier alpha value is -1.47. The lowest BCUT2D eigenvalue weighted by Crippen LogP contribution is -2.46. The quantitative estimate of drug-likeness (QED) is 0.736. The topological polar surface area (TPSA) is 45.7 Å². The second kappa shape index (κ2) is 8.07. The van der Waals surface area contributed by atoms with Crippen LogP contribution >= 0.6 is 22.9 Å². The van der Waals surface area contributed by atoms with Crippen molar-refractivity contribution in [3.8, 4) is 5.75 Å². The van der Waals surface area contributed by atoms with E-state index in [4.69, 9.17) is 16.3 Å². The molecular weight excluding hydrogens is 346 g/mol. The third kappa shape index (κ3) is 4.77. The van der Waals surface area contributed by atoms with Gasteiger partial charge in [-0.1, -0.05) is 23.7 Å². The number of rotatable bonds is 6. The van der Waals surface area contributed by atoms with Crippen LogP contribution in [0.15, 0.2) is 30.5 Å². The minimum absolute atomic E-state index is 0.130. The van der Waals surface area contributed by atoms with Gasteiger partial charge in [-0.2, -0.15) is 0 Å². The Kier molecular flexibility index (Phi) is 5.84. The van der Waals surface area contributed by atoms with E-state index in [0.717, 1.165) is 31.1 Å². The minimum Gasteiger partial charge on any atom is -0.488 e. The van der Waals surface area contributed by atoms with Crippen molar-refractivity contribution in [1.29, 1.82) is 0 Å². The Morgan fingerprint density at radius 1 is 1.33 bits per heavy atom. The van der Waals surface area contributed by atoms with Gasteiger partial charge in [0.25, 0.3) is 0 Å². The number of piperazine rings is 1. The van der Waals surface area contributed by atoms with E-state index in [-0.39, 0.29) is 5.78 Å². The molecule has 0 unspecified atom stereocenters. The molecule has 0 N–H and O–H groups in total. The number of ketones is 1. The molecule has 0 atom stereocenters. The molecule has 0 amide bonds. The molecule has 2 aromatic rings. The number of likely N-dealkylation sites (N-methyl/N-ethyl adjacent to an activating group) is 1. The van der Waals surface area contributed by atoms with Gasteiger partial charge in [0.1, 0.15) is 12.4 Å². The molecule has 0 spiro atoms. The molecule has 1 aromatic carbocycles. The summed E-state index contributed by atoms with van der Waals surface area (Å²) < 4.78 is 6.24. The zero-order valence-corrected chi connectivity index (χ0v) is 15.1. The second-order valence-corrected chi connectivity index (χ2v) is 7.60. The van der Waals surface area contributed by atoms with Crippen molar-refractivity contribution in [3.63, 3.8) is 0 Å². The number of thiazole rings is 1. The largest absolute Gasteiger partial charge is 0.488 e. The first-order chi connectivity index (χ1) is 11.6. The Morgan fingerprint density at radius 2 is 2.12 bits per heavy atom. The number of Topliss-reactive ketones (excluding diaryl/α,β-unsaturated/α-hetero) is 1. The van der Waals surface area contributed by atoms with Crippen LogP contribution in [0, 0.1) is 0 Å². The molecule has 1 aliphatic rings. The highest BCUT2D eigenvalue weighted by molar-refractivity contribution is 7.15. The van der Waals surface area contributed by atoms with Crippen LogP contribution < -0.4 is 4.74 Å². The predicted molar refractivity (Wildman–Crippen MR) is 96.2 cm³/mol. The lowest BCUT2D eigenvalue weighted by molar-refractivity contribution is 0.0876. The van der Waals surface area contributed by atoms with Crippen LogP contribution in [-0.2, 0) is 6.61 Å². The molecule has 1 aromatic heterocycles. The number of carbonyl (C=O) groups is 1. The highest BCUT2D eigenvalue weighted by Gasteiger charge is 2.17. The summed E-state index contributed by atoms with van der Waals surface area (Å²) in [5.74, 6) is 0.814. The van der Waals surface area contributed by atoms with Gasteiger partial charge in [-0.05, 0) is 19.2 Å². The van der Waals surface area contributed by atoms with E-state index in [1.165, 1.54) is 11.3 Å². The van der Waals surface area contributed by atoms with E-state index in [1.54, 1.807) is 12.3 Å². The van der Waals surface area contributed by atoms with Crippen molar-refractivity contribution >= 4 is 28.7 Å². The van der Waals surface area contributed by atoms with Crippen LogP contribution in [0.3, 0.4) is 0 Å². The molecule has 128 valence electrons. The molecule has 5 nitrogen and oxygen atoms in total. The smallest absolute Gasteiger partial charge is 0.183 e. The van der Waals surface area contributed by atoms with E-state index < -0.39 is 0 Å². The van der Waals surface area contributed by atoms with E-state index in [0.29, 0.717) is 28.9 Å². The normalized spacial score (nSPS) is 16.2. The third-order valence-corrected chi connectivity index (χ3v) is 5.11. The van der Waals surface area contributed by atoms with Gasteiger partial charge in [-0.15, -0.1) is 11.3 Å². The van der Waals surface area contributed by atoms with Crippen LogP contribution in [0.5, 0.6) is 5.75 Å². The second-order valence-electron chi connectivity index (χ2n) is 5.90. The van der Waals surface area contributed by atoms with Gasteiger partial charge in [0.2, 0.25) is 0 Å². The molecule has 24 heavy (non-hydrogen) atoms. The van der Waals surface area contributed by atoms with Crippen LogP contribution in [0.2, 0.25) is 4.47 Å². The molecule has 0 aliphatic carbocycles. The highest BCUT2D eigenvalue weighted by atomic mass is 35.5. The molecule has 0 bridgehead atoms. The summed E-state index contributed by atoms with van der Waals surface area (Å²) in [5, 5.41) is 0. The summed E-state index contributed by atoms with van der Waals surface area (Å²) in [4.78, 5) is 21.9. The van der Waals surface area contributed by atoms with E-state index in [1.807, 2.05) is 18.2 Å². The lowest BCUT2D eigenvalue weighted by atomic mass is 10.1. The number of ether oxygens (including phenoxy) is 1. The predicted octanol–water partition coefficient (Wildman–Crippen LogP) is 2.81. The number of hydrogen-bond donors (Lipinski definition) is 0. The van der Waals surface area contributed by atoms with Gasteiger partial charge < -0.3 is 9.64 Å². The number of aromatic nitrogens is 1. The van der Waals surface area contributed by atoms with Crippen LogP contribution in [0.4, 0.5) is 0 Å². The Labute approximate surface area is 150 Å². The molecule has 3 rings (SSSR count). The van der Waals surface area contributed by atoms with Crippen molar-refractivity contribution in [2.24, 2.45) is 0 Å². The summed E-state index contributed by atoms with van der Waals surface area (Å²) in [7, 11) is 2.11. The number of benzene rings is 1. The lowest BCUT2D eigenvalue weighted by Gasteiger charge is -2.31. The summed E-state index contributed by atoms with van der Waals surface area (Å²) in [5.41, 5.74) is 0.689. The Balaban J connectivity index is 1.56. The van der Waals surface area contributed by atoms with E-state index in [9.17, 15) is 4.79 Å². The molecule has 1 saturated heterocycles. The highest BCUT2D eigenvalue weighted by Crippen LogP contribution is 2.21. The van der Waals surface area contributed by atoms with E-state index in [2.05, 4.69) is 21.8 Å². The summed E-state index contributed by atoms with van der Waals surface area (Å²) >= 11 is 7.20. The van der Waals surface area contributed by atoms with E-state index >= 15 is 0 Å². The first-order valence-electron chi connectivity index (χ1n) is 7.87. The first-order valence-corrected chi connectivity index (χ1v) is 9.07. The fraction of sp³-hybridized carbons (Fsp3) is 0.412. The molecule has 7 heteroatoms. The molecule has 1 fully saturated rings. The Morgan fingerprint density at radius 3 is 2.83 bits per heavy atom. The maximum Gasteiger partial charge on any atom is 0.183 e. The maximum atomic E-state index is 12.5. The zero-order valence-electron chi connectivity index (χ0n) is 13.6. The minimum atomic E-state index is 0.130. The van der Waals surface area contributed by atoms with Crippen LogP contribution in [0.1, 0.15) is 15.2 Å². The van der Waals surface area contributed by atoms with Crippen molar-refractivity contribution in [2.45, 2.75) is 6.61 Å². The monoisotopic (exact) mass is 365 g/mol. The van der Waals surface area contributed by atoms with Crippen molar-refractivity contribution in [1.82, 2.24) is 14.8 Å². The first kappa shape index (κ1) is 17.4. The molecule has 1 aliphatic heterocycles. The molecule has 2 heterocycles. The number of halogens is 1. The summed E-state index contributed by atoms with van der Waals surface area (Å²) in [6, 6.07) is 7.36. The van der Waals surface area contributed by atoms with Gasteiger partial charge in [-0.3, -0.25) is 9.69 Å². The SMILES string of the molecule is CN1CCN(CC(=O)c2cccc(OCc3cnc(Cl)s3)c2)CC1. The summed E-state index contributed by atoms with van der Waals surface area (Å²) in [6.45, 7) is 4.75. The molecule has 0 saturated carbocycles. The van der Waals surface area contributed by atoms with Crippen molar-refractivity contribution in [3.05, 3.63) is 45.4 Å². The average Bonchev–Trinajstić information content (AvgIpc) is 3.01. The van der Waals surface area contributed by atoms with Gasteiger partial charge in [-0.25, -0.2) is 4.98 Å². The number of hydrogen-bond acceptors (Lipinski definition) is 6. The molecule has 0 radical (unpaired) electrons. The Bertz CT molecular complexity index is 699. The van der Waals surface area contributed by atoms with Gasteiger partial charge in [0, 0.05) is 37.9 Å². The molecular formula is C17H20ClN3O2S. The van der Waals surface area contributed by atoms with Crippen molar-refractivity contribution < 1.29 is 9.53 Å².